The molecule has 4 nitrogen and oxygen atoms in total. The summed E-state index contributed by atoms with van der Waals surface area (Å²) in [6.45, 7) is 5.52. The van der Waals surface area contributed by atoms with E-state index in [0.29, 0.717) is 31.1 Å². The molecule has 0 spiro atoms. The topological polar surface area (TPSA) is 50.9 Å². The normalized spacial score (nSPS) is 15.5. The van der Waals surface area contributed by atoms with Crippen LogP contribution in [0.4, 0.5) is 0 Å². The van der Waals surface area contributed by atoms with Crippen molar-refractivity contribution in [2.45, 2.75) is 38.6 Å². The van der Waals surface area contributed by atoms with Crippen LogP contribution in [0.1, 0.15) is 38.2 Å². The van der Waals surface area contributed by atoms with E-state index in [4.69, 9.17) is 10.5 Å². The molecule has 1 aromatic carbocycles. The molecule has 20 heavy (non-hydrogen) atoms. The van der Waals surface area contributed by atoms with Gasteiger partial charge in [0.15, 0.2) is 5.96 Å². The molecule has 0 amide bonds. The number of aliphatic imine (C=N–C) groups is 1. The Morgan fingerprint density at radius 3 is 2.55 bits per heavy atom. The molecule has 1 aliphatic carbocycles. The van der Waals surface area contributed by atoms with Crippen molar-refractivity contribution < 1.29 is 4.74 Å². The zero-order chi connectivity index (χ0) is 14.5. The highest BCUT2D eigenvalue weighted by Gasteiger charge is 2.27. The van der Waals surface area contributed by atoms with Gasteiger partial charge in [0.05, 0.1) is 6.54 Å². The first-order chi connectivity index (χ1) is 9.58. The summed E-state index contributed by atoms with van der Waals surface area (Å²) in [4.78, 5) is 6.39. The molecule has 1 aliphatic rings. The van der Waals surface area contributed by atoms with Gasteiger partial charge in [-0.3, -0.25) is 0 Å². The quantitative estimate of drug-likeness (QED) is 0.493. The number of ether oxygens (including phenoxy) is 1. The second-order valence-corrected chi connectivity index (χ2v) is 5.65. The summed E-state index contributed by atoms with van der Waals surface area (Å²) in [5.74, 6) is 2.05. The van der Waals surface area contributed by atoms with Gasteiger partial charge in [-0.25, -0.2) is 4.99 Å². The third-order valence-corrected chi connectivity index (χ3v) is 3.64. The molecule has 0 heterocycles. The number of rotatable bonds is 6. The molecule has 0 atom stereocenters. The minimum absolute atomic E-state index is 0.548. The molecule has 0 unspecified atom stereocenters. The molecule has 0 aliphatic heterocycles. The van der Waals surface area contributed by atoms with E-state index in [9.17, 15) is 0 Å². The molecule has 1 aromatic rings. The van der Waals surface area contributed by atoms with Gasteiger partial charge in [0.25, 0.3) is 0 Å². The number of benzene rings is 1. The van der Waals surface area contributed by atoms with Crippen LogP contribution in [0.15, 0.2) is 29.3 Å². The van der Waals surface area contributed by atoms with Crippen LogP contribution < -0.4 is 10.5 Å². The van der Waals surface area contributed by atoms with Crippen molar-refractivity contribution in [2.24, 2.45) is 10.7 Å². The number of guanidine groups is 1. The predicted molar refractivity (Wildman–Crippen MR) is 83.3 cm³/mol. The number of hydrogen-bond donors (Lipinski definition) is 1. The molecule has 0 bridgehead atoms. The van der Waals surface area contributed by atoms with Gasteiger partial charge in [-0.2, -0.15) is 0 Å². The van der Waals surface area contributed by atoms with Gasteiger partial charge in [-0.15, -0.1) is 0 Å². The molecule has 1 fully saturated rings. The van der Waals surface area contributed by atoms with Crippen molar-refractivity contribution >= 4 is 5.96 Å². The van der Waals surface area contributed by atoms with E-state index >= 15 is 0 Å². The van der Waals surface area contributed by atoms with Crippen molar-refractivity contribution in [3.63, 3.8) is 0 Å². The zero-order valence-corrected chi connectivity index (χ0v) is 12.7. The highest BCUT2D eigenvalue weighted by atomic mass is 16.5. The minimum atomic E-state index is 0.548. The fraction of sp³-hybridized carbons (Fsp3) is 0.562. The molecule has 110 valence electrons. The van der Waals surface area contributed by atoms with Gasteiger partial charge in [-0.05, 0) is 36.5 Å². The first-order valence-electron chi connectivity index (χ1n) is 7.33. The first kappa shape index (κ1) is 14.7. The fourth-order valence-electron chi connectivity index (χ4n) is 2.03. The van der Waals surface area contributed by atoms with Crippen LogP contribution in [0.25, 0.3) is 0 Å². The van der Waals surface area contributed by atoms with E-state index in [1.54, 1.807) is 0 Å². The Balaban J connectivity index is 1.73. The van der Waals surface area contributed by atoms with Crippen molar-refractivity contribution in [3.05, 3.63) is 29.8 Å². The van der Waals surface area contributed by atoms with Gasteiger partial charge in [0, 0.05) is 13.1 Å². The third-order valence-electron chi connectivity index (χ3n) is 3.64. The summed E-state index contributed by atoms with van der Waals surface area (Å²) in [7, 11) is 2.00. The number of hydrogen-bond acceptors (Lipinski definition) is 2. The number of nitrogens with two attached hydrogens (primary N) is 1. The van der Waals surface area contributed by atoms with E-state index in [1.807, 2.05) is 19.2 Å². The second kappa shape index (κ2) is 6.64. The predicted octanol–water partition coefficient (Wildman–Crippen LogP) is 2.60. The first-order valence-corrected chi connectivity index (χ1v) is 7.33. The Morgan fingerprint density at radius 1 is 1.35 bits per heavy atom. The Hall–Kier alpha value is -1.71. The van der Waals surface area contributed by atoms with Gasteiger partial charge in [0.2, 0.25) is 0 Å². The standard InChI is InChI=1S/C16H25N3O/c1-12(2)13-4-8-15(9-5-13)20-11-10-18-16(17)19(3)14-6-7-14/h4-5,8-9,12,14H,6-7,10-11H2,1-3H3,(H2,17,18). The molecule has 0 radical (unpaired) electrons. The zero-order valence-electron chi connectivity index (χ0n) is 12.7. The summed E-state index contributed by atoms with van der Waals surface area (Å²) in [5, 5.41) is 0. The maximum Gasteiger partial charge on any atom is 0.191 e. The Bertz CT molecular complexity index is 449. The van der Waals surface area contributed by atoms with E-state index in [2.05, 4.69) is 35.9 Å². The average Bonchev–Trinajstić information content (AvgIpc) is 3.27. The smallest absolute Gasteiger partial charge is 0.191 e. The number of nitrogens with zero attached hydrogens (tertiary/aromatic N) is 2. The molecule has 2 rings (SSSR count). The summed E-state index contributed by atoms with van der Waals surface area (Å²) in [6.07, 6.45) is 2.46. The van der Waals surface area contributed by atoms with E-state index in [0.717, 1.165) is 5.75 Å². The average molecular weight is 275 g/mol. The highest BCUT2D eigenvalue weighted by molar-refractivity contribution is 5.78. The van der Waals surface area contributed by atoms with Crippen LogP contribution in [0.5, 0.6) is 5.75 Å². The summed E-state index contributed by atoms with van der Waals surface area (Å²) in [6, 6.07) is 8.84. The molecular formula is C16H25N3O. The van der Waals surface area contributed by atoms with Crippen LogP contribution in [-0.2, 0) is 0 Å². The lowest BCUT2D eigenvalue weighted by molar-refractivity contribution is 0.327. The summed E-state index contributed by atoms with van der Waals surface area (Å²) < 4.78 is 5.67. The largest absolute Gasteiger partial charge is 0.492 e. The van der Waals surface area contributed by atoms with Gasteiger partial charge >= 0.3 is 0 Å². The Morgan fingerprint density at radius 2 is 2.00 bits per heavy atom. The van der Waals surface area contributed by atoms with Gasteiger partial charge < -0.3 is 15.4 Å². The van der Waals surface area contributed by atoms with E-state index in [1.165, 1.54) is 18.4 Å². The minimum Gasteiger partial charge on any atom is -0.492 e. The lowest BCUT2D eigenvalue weighted by Gasteiger charge is -2.16. The molecule has 2 N–H and O–H groups in total. The molecule has 4 heteroatoms. The van der Waals surface area contributed by atoms with Crippen LogP contribution in [-0.4, -0.2) is 37.1 Å². The van der Waals surface area contributed by atoms with Gasteiger partial charge in [-0.1, -0.05) is 26.0 Å². The van der Waals surface area contributed by atoms with E-state index in [-0.39, 0.29) is 0 Å². The van der Waals surface area contributed by atoms with Crippen molar-refractivity contribution in [3.8, 4) is 5.75 Å². The van der Waals surface area contributed by atoms with Crippen LogP contribution in [0.3, 0.4) is 0 Å². The van der Waals surface area contributed by atoms with Crippen molar-refractivity contribution in [1.82, 2.24) is 4.90 Å². The van der Waals surface area contributed by atoms with Gasteiger partial charge in [0.1, 0.15) is 12.4 Å². The molecule has 0 aromatic heterocycles. The monoisotopic (exact) mass is 275 g/mol. The lowest BCUT2D eigenvalue weighted by Crippen LogP contribution is -2.36. The summed E-state index contributed by atoms with van der Waals surface area (Å²) >= 11 is 0. The van der Waals surface area contributed by atoms with Crippen LogP contribution >= 0.6 is 0 Å². The van der Waals surface area contributed by atoms with Crippen LogP contribution in [0, 0.1) is 0 Å². The SMILES string of the molecule is CC(C)c1ccc(OCCN=C(N)N(C)C2CC2)cc1. The maximum atomic E-state index is 5.91. The Labute approximate surface area is 121 Å². The molecule has 0 saturated heterocycles. The highest BCUT2D eigenvalue weighted by Crippen LogP contribution is 2.24. The second-order valence-electron chi connectivity index (χ2n) is 5.65. The summed E-state index contributed by atoms with van der Waals surface area (Å²) in [5.41, 5.74) is 7.24. The van der Waals surface area contributed by atoms with E-state index < -0.39 is 0 Å². The van der Waals surface area contributed by atoms with Crippen molar-refractivity contribution in [1.29, 1.82) is 0 Å². The fourth-order valence-corrected chi connectivity index (χ4v) is 2.03. The van der Waals surface area contributed by atoms with Crippen LogP contribution in [0.2, 0.25) is 0 Å². The third kappa shape index (κ3) is 4.15. The molecule has 1 saturated carbocycles. The molecular weight excluding hydrogens is 250 g/mol. The lowest BCUT2D eigenvalue weighted by atomic mass is 10.0. The van der Waals surface area contributed by atoms with Crippen molar-refractivity contribution in [2.75, 3.05) is 20.2 Å². The maximum absolute atomic E-state index is 5.91. The Kier molecular flexibility index (Phi) is 4.88.